The number of aryl methyl sites for hydroxylation is 1. The van der Waals surface area contributed by atoms with Crippen molar-refractivity contribution in [3.05, 3.63) is 17.8 Å². The Hall–Kier alpha value is -1.78. The highest BCUT2D eigenvalue weighted by molar-refractivity contribution is 5.74. The van der Waals surface area contributed by atoms with Crippen molar-refractivity contribution in [3.63, 3.8) is 0 Å². The fraction of sp³-hybridized carbons (Fsp3) is 0.333. The van der Waals surface area contributed by atoms with Gasteiger partial charge in [-0.25, -0.2) is 14.6 Å². The number of hydrogen-bond acceptors (Lipinski definition) is 4. The molecule has 0 saturated heterocycles. The number of nitrogens with zero attached hydrogens (tertiary/aromatic N) is 4. The van der Waals surface area contributed by atoms with Crippen LogP contribution < -0.4 is 10.7 Å². The van der Waals surface area contributed by atoms with Crippen molar-refractivity contribution in [2.24, 2.45) is 0 Å². The lowest BCUT2D eigenvalue weighted by molar-refractivity contribution is 0.756. The van der Waals surface area contributed by atoms with Gasteiger partial charge in [-0.1, -0.05) is 0 Å². The normalized spacial score (nSPS) is 10.8. The number of imidazole rings is 1. The SMILES string of the molecule is Cc1ccc2nc(N)n(N(C)C)c2n1. The Bertz CT molecular complexity index is 471. The van der Waals surface area contributed by atoms with E-state index in [4.69, 9.17) is 5.73 Å². The van der Waals surface area contributed by atoms with E-state index in [2.05, 4.69) is 9.97 Å². The molecule has 14 heavy (non-hydrogen) atoms. The van der Waals surface area contributed by atoms with Crippen LogP contribution in [0, 0.1) is 6.92 Å². The van der Waals surface area contributed by atoms with E-state index in [1.807, 2.05) is 38.2 Å². The highest BCUT2D eigenvalue weighted by Gasteiger charge is 2.10. The first-order chi connectivity index (χ1) is 6.59. The number of fused-ring (bicyclic) bond motifs is 1. The molecule has 2 aromatic rings. The second-order valence-corrected chi connectivity index (χ2v) is 3.42. The zero-order valence-corrected chi connectivity index (χ0v) is 8.52. The van der Waals surface area contributed by atoms with Gasteiger partial charge in [-0.2, -0.15) is 0 Å². The van der Waals surface area contributed by atoms with Gasteiger partial charge in [-0.15, -0.1) is 0 Å². The number of pyridine rings is 1. The lowest BCUT2D eigenvalue weighted by Gasteiger charge is -2.15. The Kier molecular flexibility index (Phi) is 1.80. The first kappa shape index (κ1) is 8.80. The van der Waals surface area contributed by atoms with Gasteiger partial charge < -0.3 is 10.7 Å². The molecule has 0 saturated carbocycles. The standard InChI is InChI=1S/C9H13N5/c1-6-4-5-7-8(11-6)14(13(2)3)9(10)12-7/h4-5H,1-3H3,(H2,10,12). The molecule has 5 nitrogen and oxygen atoms in total. The van der Waals surface area contributed by atoms with Crippen molar-refractivity contribution < 1.29 is 0 Å². The van der Waals surface area contributed by atoms with Crippen molar-refractivity contribution in [2.45, 2.75) is 6.92 Å². The van der Waals surface area contributed by atoms with Crippen LogP contribution in [0.3, 0.4) is 0 Å². The maximum atomic E-state index is 5.77. The van der Waals surface area contributed by atoms with Crippen molar-refractivity contribution >= 4 is 17.1 Å². The second-order valence-electron chi connectivity index (χ2n) is 3.42. The molecule has 2 N–H and O–H groups in total. The Morgan fingerprint density at radius 1 is 1.29 bits per heavy atom. The number of nitrogen functional groups attached to an aromatic ring is 1. The zero-order valence-electron chi connectivity index (χ0n) is 8.52. The van der Waals surface area contributed by atoms with Crippen LogP contribution >= 0.6 is 0 Å². The minimum Gasteiger partial charge on any atom is -0.368 e. The topological polar surface area (TPSA) is 60.0 Å². The highest BCUT2D eigenvalue weighted by Crippen LogP contribution is 2.15. The summed E-state index contributed by atoms with van der Waals surface area (Å²) in [6.07, 6.45) is 0. The molecular weight excluding hydrogens is 178 g/mol. The molecular formula is C9H13N5. The molecule has 0 aliphatic heterocycles. The van der Waals surface area contributed by atoms with Crippen LogP contribution in [0.5, 0.6) is 0 Å². The average molecular weight is 191 g/mol. The molecule has 2 aromatic heterocycles. The third-order valence-electron chi connectivity index (χ3n) is 2.05. The third-order valence-corrected chi connectivity index (χ3v) is 2.05. The van der Waals surface area contributed by atoms with E-state index in [-0.39, 0.29) is 0 Å². The quantitative estimate of drug-likeness (QED) is 0.714. The molecule has 0 aliphatic rings. The summed E-state index contributed by atoms with van der Waals surface area (Å²) in [6, 6.07) is 3.85. The van der Waals surface area contributed by atoms with Crippen LogP contribution in [-0.4, -0.2) is 28.7 Å². The summed E-state index contributed by atoms with van der Waals surface area (Å²) >= 11 is 0. The van der Waals surface area contributed by atoms with Crippen LogP contribution in [0.15, 0.2) is 12.1 Å². The molecule has 0 bridgehead atoms. The van der Waals surface area contributed by atoms with Gasteiger partial charge in [0.15, 0.2) is 5.65 Å². The van der Waals surface area contributed by atoms with Gasteiger partial charge in [0.25, 0.3) is 0 Å². The predicted octanol–water partition coefficient (Wildman–Crippen LogP) is 0.520. The van der Waals surface area contributed by atoms with Crippen molar-refractivity contribution in [1.29, 1.82) is 0 Å². The Labute approximate surface area is 82.1 Å². The van der Waals surface area contributed by atoms with E-state index < -0.39 is 0 Å². The van der Waals surface area contributed by atoms with Crippen molar-refractivity contribution in [3.8, 4) is 0 Å². The zero-order chi connectivity index (χ0) is 10.3. The minimum absolute atomic E-state index is 0.461. The average Bonchev–Trinajstić information content (AvgIpc) is 2.40. The maximum Gasteiger partial charge on any atom is 0.221 e. The van der Waals surface area contributed by atoms with Gasteiger partial charge in [0.1, 0.15) is 5.52 Å². The Morgan fingerprint density at radius 3 is 2.64 bits per heavy atom. The lowest BCUT2D eigenvalue weighted by atomic mass is 10.3. The molecule has 5 heteroatoms. The molecule has 0 aromatic carbocycles. The molecule has 2 heterocycles. The molecule has 0 fully saturated rings. The summed E-state index contributed by atoms with van der Waals surface area (Å²) < 4.78 is 1.78. The van der Waals surface area contributed by atoms with Crippen molar-refractivity contribution in [1.82, 2.24) is 14.6 Å². The van der Waals surface area contributed by atoms with E-state index >= 15 is 0 Å². The molecule has 2 rings (SSSR count). The van der Waals surface area contributed by atoms with Crippen LogP contribution in [-0.2, 0) is 0 Å². The van der Waals surface area contributed by atoms with E-state index in [1.54, 1.807) is 4.68 Å². The number of anilines is 1. The molecule has 0 unspecified atom stereocenters. The summed E-state index contributed by atoms with van der Waals surface area (Å²) in [6.45, 7) is 1.95. The fourth-order valence-electron chi connectivity index (χ4n) is 1.45. The minimum atomic E-state index is 0.461. The summed E-state index contributed by atoms with van der Waals surface area (Å²) in [7, 11) is 3.81. The molecule has 74 valence electrons. The predicted molar refractivity (Wildman–Crippen MR) is 56.7 cm³/mol. The van der Waals surface area contributed by atoms with E-state index in [9.17, 15) is 0 Å². The van der Waals surface area contributed by atoms with Crippen LogP contribution in [0.1, 0.15) is 5.69 Å². The summed E-state index contributed by atoms with van der Waals surface area (Å²) in [5, 5.41) is 1.86. The van der Waals surface area contributed by atoms with Gasteiger partial charge >= 0.3 is 0 Å². The van der Waals surface area contributed by atoms with E-state index in [1.165, 1.54) is 0 Å². The first-order valence-electron chi connectivity index (χ1n) is 4.39. The number of aromatic nitrogens is 3. The van der Waals surface area contributed by atoms with Crippen LogP contribution in [0.4, 0.5) is 5.95 Å². The highest BCUT2D eigenvalue weighted by atomic mass is 15.6. The van der Waals surface area contributed by atoms with Crippen LogP contribution in [0.2, 0.25) is 0 Å². The summed E-state index contributed by atoms with van der Waals surface area (Å²) in [5.41, 5.74) is 8.35. The Balaban J connectivity index is 2.79. The summed E-state index contributed by atoms with van der Waals surface area (Å²) in [4.78, 5) is 8.61. The van der Waals surface area contributed by atoms with Gasteiger partial charge in [0, 0.05) is 19.8 Å². The van der Waals surface area contributed by atoms with Crippen molar-refractivity contribution in [2.75, 3.05) is 24.8 Å². The third kappa shape index (κ3) is 1.17. The Morgan fingerprint density at radius 2 is 2.00 bits per heavy atom. The molecule has 0 aliphatic carbocycles. The number of rotatable bonds is 1. The first-order valence-corrected chi connectivity index (χ1v) is 4.39. The van der Waals surface area contributed by atoms with Gasteiger partial charge in [0.2, 0.25) is 5.95 Å². The molecule has 0 atom stereocenters. The fourth-order valence-corrected chi connectivity index (χ4v) is 1.45. The molecule has 0 amide bonds. The monoisotopic (exact) mass is 191 g/mol. The van der Waals surface area contributed by atoms with E-state index in [0.29, 0.717) is 5.95 Å². The number of nitrogens with two attached hydrogens (primary N) is 1. The smallest absolute Gasteiger partial charge is 0.221 e. The number of hydrogen-bond donors (Lipinski definition) is 1. The molecule has 0 spiro atoms. The summed E-state index contributed by atoms with van der Waals surface area (Å²) in [5.74, 6) is 0.461. The lowest BCUT2D eigenvalue weighted by Crippen LogP contribution is -2.26. The maximum absolute atomic E-state index is 5.77. The largest absolute Gasteiger partial charge is 0.368 e. The van der Waals surface area contributed by atoms with Crippen LogP contribution in [0.25, 0.3) is 11.2 Å². The second kappa shape index (κ2) is 2.87. The molecule has 0 radical (unpaired) electrons. The van der Waals surface area contributed by atoms with E-state index in [0.717, 1.165) is 16.9 Å². The van der Waals surface area contributed by atoms with Gasteiger partial charge in [0.05, 0.1) is 0 Å². The van der Waals surface area contributed by atoms with Gasteiger partial charge in [-0.05, 0) is 19.1 Å². The van der Waals surface area contributed by atoms with Gasteiger partial charge in [-0.3, -0.25) is 0 Å².